The van der Waals surface area contributed by atoms with E-state index in [9.17, 15) is 17.6 Å². The lowest BCUT2D eigenvalue weighted by molar-refractivity contribution is -0.140. The molecule has 0 bridgehead atoms. The first-order valence-corrected chi connectivity index (χ1v) is 6.76. The van der Waals surface area contributed by atoms with Gasteiger partial charge in [-0.25, -0.2) is 4.39 Å². The first kappa shape index (κ1) is 17.0. The van der Waals surface area contributed by atoms with Gasteiger partial charge < -0.3 is 5.32 Å². The maximum absolute atomic E-state index is 13.2. The highest BCUT2D eigenvalue weighted by molar-refractivity contribution is 5.27. The number of halogens is 4. The predicted molar refractivity (Wildman–Crippen MR) is 72.0 cm³/mol. The molecule has 1 rings (SSSR count). The fourth-order valence-corrected chi connectivity index (χ4v) is 2.01. The van der Waals surface area contributed by atoms with Gasteiger partial charge in [0.2, 0.25) is 0 Å². The van der Waals surface area contributed by atoms with Crippen LogP contribution in [0.1, 0.15) is 31.9 Å². The van der Waals surface area contributed by atoms with E-state index in [0.717, 1.165) is 25.2 Å². The summed E-state index contributed by atoms with van der Waals surface area (Å²) in [6.07, 6.45) is -4.15. The minimum absolute atomic E-state index is 0.195. The Labute approximate surface area is 117 Å². The molecule has 20 heavy (non-hydrogen) atoms. The molecule has 0 heterocycles. The van der Waals surface area contributed by atoms with E-state index >= 15 is 0 Å². The third kappa shape index (κ3) is 5.49. The van der Waals surface area contributed by atoms with Crippen LogP contribution in [-0.2, 0) is 12.6 Å². The number of benzene rings is 1. The smallest absolute Gasteiger partial charge is 0.316 e. The van der Waals surface area contributed by atoms with Crippen molar-refractivity contribution >= 4 is 0 Å². The largest absolute Gasteiger partial charge is 0.419 e. The van der Waals surface area contributed by atoms with Gasteiger partial charge in [-0.15, -0.1) is 0 Å². The minimum Gasteiger partial charge on any atom is -0.316 e. The maximum Gasteiger partial charge on any atom is 0.419 e. The summed E-state index contributed by atoms with van der Waals surface area (Å²) < 4.78 is 51.0. The lowest BCUT2D eigenvalue weighted by atomic mass is 9.99. The van der Waals surface area contributed by atoms with Crippen LogP contribution in [-0.4, -0.2) is 13.1 Å². The molecule has 0 spiro atoms. The monoisotopic (exact) mass is 291 g/mol. The number of nitrogens with one attached hydrogen (secondary N) is 1. The second kappa shape index (κ2) is 7.07. The van der Waals surface area contributed by atoms with E-state index < -0.39 is 17.6 Å². The highest BCUT2D eigenvalue weighted by atomic mass is 19.4. The number of hydrogen-bond donors (Lipinski definition) is 1. The third-order valence-electron chi connectivity index (χ3n) is 2.97. The van der Waals surface area contributed by atoms with Gasteiger partial charge in [-0.05, 0) is 49.0 Å². The van der Waals surface area contributed by atoms with Gasteiger partial charge in [-0.3, -0.25) is 0 Å². The molecule has 0 saturated heterocycles. The summed E-state index contributed by atoms with van der Waals surface area (Å²) in [4.78, 5) is 0. The Morgan fingerprint density at radius 3 is 2.30 bits per heavy atom. The van der Waals surface area contributed by atoms with E-state index in [4.69, 9.17) is 0 Å². The summed E-state index contributed by atoms with van der Waals surface area (Å²) in [5.41, 5.74) is -0.671. The average molecular weight is 291 g/mol. The highest BCUT2D eigenvalue weighted by Gasteiger charge is 2.34. The van der Waals surface area contributed by atoms with Crippen molar-refractivity contribution in [1.82, 2.24) is 5.32 Å². The van der Waals surface area contributed by atoms with E-state index in [1.165, 1.54) is 6.07 Å². The molecule has 1 aromatic rings. The lowest BCUT2D eigenvalue weighted by Gasteiger charge is -2.15. The van der Waals surface area contributed by atoms with Crippen LogP contribution in [0.15, 0.2) is 18.2 Å². The summed E-state index contributed by atoms with van der Waals surface area (Å²) in [6.45, 7) is 7.75. The molecule has 1 aromatic carbocycles. The molecule has 1 N–H and O–H groups in total. The van der Waals surface area contributed by atoms with Crippen molar-refractivity contribution in [2.45, 2.75) is 33.4 Å². The maximum atomic E-state index is 13.2. The van der Waals surface area contributed by atoms with Gasteiger partial charge in [0, 0.05) is 0 Å². The number of alkyl halides is 3. The Hall–Kier alpha value is -1.10. The molecular formula is C15H21F4N. The third-order valence-corrected chi connectivity index (χ3v) is 2.97. The van der Waals surface area contributed by atoms with Crippen LogP contribution in [0.3, 0.4) is 0 Å². The molecule has 0 saturated carbocycles. The van der Waals surface area contributed by atoms with Crippen molar-refractivity contribution in [3.63, 3.8) is 0 Å². The molecule has 0 aliphatic heterocycles. The van der Waals surface area contributed by atoms with Gasteiger partial charge in [-0.2, -0.15) is 13.2 Å². The second-order valence-corrected chi connectivity index (χ2v) is 5.67. The van der Waals surface area contributed by atoms with Crippen LogP contribution in [0.2, 0.25) is 0 Å². The summed E-state index contributed by atoms with van der Waals surface area (Å²) >= 11 is 0. The van der Waals surface area contributed by atoms with Gasteiger partial charge in [0.05, 0.1) is 5.56 Å². The summed E-state index contributed by atoms with van der Waals surface area (Å²) in [5.74, 6) is -0.489. The summed E-state index contributed by atoms with van der Waals surface area (Å²) in [5, 5.41) is 3.26. The molecule has 1 atom stereocenters. The first-order valence-electron chi connectivity index (χ1n) is 6.76. The van der Waals surface area contributed by atoms with Crippen LogP contribution in [0.4, 0.5) is 17.6 Å². The van der Waals surface area contributed by atoms with Crippen LogP contribution in [0, 0.1) is 17.7 Å². The van der Waals surface area contributed by atoms with E-state index in [2.05, 4.69) is 19.2 Å². The average Bonchev–Trinajstić information content (AvgIpc) is 2.29. The van der Waals surface area contributed by atoms with Crippen LogP contribution < -0.4 is 5.32 Å². The highest BCUT2D eigenvalue weighted by Crippen LogP contribution is 2.32. The van der Waals surface area contributed by atoms with Crippen LogP contribution in [0.5, 0.6) is 0 Å². The topological polar surface area (TPSA) is 12.0 Å². The van der Waals surface area contributed by atoms with E-state index in [1.54, 1.807) is 0 Å². The molecule has 0 fully saturated rings. The van der Waals surface area contributed by atoms with Gasteiger partial charge in [0.1, 0.15) is 5.82 Å². The standard InChI is InChI=1S/C15H21F4N/c1-10(2)8-20-9-11(3)6-12-4-5-14(16)13(7-12)15(17,18)19/h4-5,7,10-11,20H,6,8-9H2,1-3H3. The molecule has 0 radical (unpaired) electrons. The zero-order valence-electron chi connectivity index (χ0n) is 12.0. The van der Waals surface area contributed by atoms with Crippen molar-refractivity contribution in [2.24, 2.45) is 11.8 Å². The lowest BCUT2D eigenvalue weighted by Crippen LogP contribution is -2.26. The Morgan fingerprint density at radius 1 is 1.10 bits per heavy atom. The predicted octanol–water partition coefficient (Wildman–Crippen LogP) is 4.27. The first-order chi connectivity index (χ1) is 9.20. The fourth-order valence-electron chi connectivity index (χ4n) is 2.01. The Kier molecular flexibility index (Phi) is 5.99. The molecule has 5 heteroatoms. The molecule has 0 aromatic heterocycles. The normalized spacial score (nSPS) is 13.8. The van der Waals surface area contributed by atoms with Crippen LogP contribution >= 0.6 is 0 Å². The van der Waals surface area contributed by atoms with E-state index in [-0.39, 0.29) is 5.92 Å². The Morgan fingerprint density at radius 2 is 1.75 bits per heavy atom. The quantitative estimate of drug-likeness (QED) is 0.772. The second-order valence-electron chi connectivity index (χ2n) is 5.67. The summed E-state index contributed by atoms with van der Waals surface area (Å²) in [7, 11) is 0. The molecule has 0 amide bonds. The van der Waals surface area contributed by atoms with Gasteiger partial charge in [-0.1, -0.05) is 26.8 Å². The Bertz CT molecular complexity index is 426. The summed E-state index contributed by atoms with van der Waals surface area (Å²) in [6, 6.07) is 3.23. The molecule has 0 aliphatic rings. The molecule has 114 valence electrons. The van der Waals surface area contributed by atoms with Gasteiger partial charge in [0.25, 0.3) is 0 Å². The zero-order chi connectivity index (χ0) is 15.3. The van der Waals surface area contributed by atoms with Gasteiger partial charge >= 0.3 is 6.18 Å². The van der Waals surface area contributed by atoms with Crippen molar-refractivity contribution in [3.05, 3.63) is 35.1 Å². The minimum atomic E-state index is -4.64. The molecule has 0 aliphatic carbocycles. The van der Waals surface area contributed by atoms with Crippen molar-refractivity contribution in [2.75, 3.05) is 13.1 Å². The molecule has 1 nitrogen and oxygen atoms in total. The van der Waals surface area contributed by atoms with Crippen molar-refractivity contribution in [1.29, 1.82) is 0 Å². The van der Waals surface area contributed by atoms with Crippen LogP contribution in [0.25, 0.3) is 0 Å². The SMILES string of the molecule is CC(C)CNCC(C)Cc1ccc(F)c(C(F)(F)F)c1. The zero-order valence-corrected chi connectivity index (χ0v) is 12.0. The number of hydrogen-bond acceptors (Lipinski definition) is 1. The van der Waals surface area contributed by atoms with E-state index in [0.29, 0.717) is 17.9 Å². The fraction of sp³-hybridized carbons (Fsp3) is 0.600. The van der Waals surface area contributed by atoms with Gasteiger partial charge in [0.15, 0.2) is 0 Å². The number of rotatable bonds is 6. The Balaban J connectivity index is 2.64. The van der Waals surface area contributed by atoms with Crippen molar-refractivity contribution < 1.29 is 17.6 Å². The van der Waals surface area contributed by atoms with E-state index in [1.807, 2.05) is 6.92 Å². The van der Waals surface area contributed by atoms with Crippen molar-refractivity contribution in [3.8, 4) is 0 Å². The molecule has 1 unspecified atom stereocenters. The molecular weight excluding hydrogens is 270 g/mol.